The fraction of sp³-hybridized carbons (Fsp3) is 0.579. The summed E-state index contributed by atoms with van der Waals surface area (Å²) >= 11 is 0. The number of aromatic nitrogens is 1. The van der Waals surface area contributed by atoms with Crippen molar-refractivity contribution in [3.8, 4) is 5.75 Å². The van der Waals surface area contributed by atoms with Crippen LogP contribution < -0.4 is 4.43 Å². The molecule has 0 spiro atoms. The van der Waals surface area contributed by atoms with Gasteiger partial charge in [0.1, 0.15) is 5.75 Å². The number of fused-ring (bicyclic) bond motifs is 3. The molecular formula is C19H28FNOSi. The molecule has 0 atom stereocenters. The highest BCUT2D eigenvalue weighted by atomic mass is 28.4. The van der Waals surface area contributed by atoms with Crippen molar-refractivity contribution in [1.82, 2.24) is 4.57 Å². The third kappa shape index (κ3) is 2.61. The number of benzene rings is 1. The van der Waals surface area contributed by atoms with Crippen LogP contribution in [-0.4, -0.2) is 12.9 Å². The number of nitrogens with zero attached hydrogens (tertiary/aromatic N) is 1. The average Bonchev–Trinajstić information content (AvgIpc) is 3.00. The van der Waals surface area contributed by atoms with E-state index in [1.165, 1.54) is 5.69 Å². The SMILES string of the molecule is CC(C)C(C)(C)[Si](C)(C)Oc1cc2cc3n(c2cc1F)CCC3. The quantitative estimate of drug-likeness (QED) is 0.650. The number of aryl methyl sites for hydroxylation is 2. The Balaban J connectivity index is 1.99. The van der Waals surface area contributed by atoms with Gasteiger partial charge in [-0.25, -0.2) is 4.39 Å². The zero-order valence-corrected chi connectivity index (χ0v) is 16.2. The molecule has 0 saturated heterocycles. The summed E-state index contributed by atoms with van der Waals surface area (Å²) < 4.78 is 23.2. The Morgan fingerprint density at radius 2 is 1.91 bits per heavy atom. The summed E-state index contributed by atoms with van der Waals surface area (Å²) in [6.07, 6.45) is 2.25. The van der Waals surface area contributed by atoms with Crippen molar-refractivity contribution in [3.63, 3.8) is 0 Å². The van der Waals surface area contributed by atoms with Gasteiger partial charge in [-0.05, 0) is 49.0 Å². The first kappa shape index (κ1) is 16.6. The van der Waals surface area contributed by atoms with Crippen molar-refractivity contribution in [3.05, 3.63) is 29.7 Å². The molecular weight excluding hydrogens is 305 g/mol. The summed E-state index contributed by atoms with van der Waals surface area (Å²) in [4.78, 5) is 0. The molecule has 0 unspecified atom stereocenters. The Kier molecular flexibility index (Phi) is 3.86. The normalized spacial score (nSPS) is 15.5. The minimum Gasteiger partial charge on any atom is -0.542 e. The van der Waals surface area contributed by atoms with Gasteiger partial charge < -0.3 is 8.99 Å². The largest absolute Gasteiger partial charge is 0.542 e. The molecule has 1 aliphatic rings. The van der Waals surface area contributed by atoms with Crippen LogP contribution in [0.25, 0.3) is 10.9 Å². The van der Waals surface area contributed by atoms with Crippen LogP contribution in [0.4, 0.5) is 4.39 Å². The van der Waals surface area contributed by atoms with Crippen molar-refractivity contribution in [2.75, 3.05) is 0 Å². The number of hydrogen-bond acceptors (Lipinski definition) is 1. The van der Waals surface area contributed by atoms with E-state index in [0.29, 0.717) is 11.7 Å². The Labute approximate surface area is 139 Å². The van der Waals surface area contributed by atoms with Crippen LogP contribution >= 0.6 is 0 Å². The van der Waals surface area contributed by atoms with Crippen LogP contribution in [0.5, 0.6) is 5.75 Å². The van der Waals surface area contributed by atoms with Crippen molar-refractivity contribution in [2.24, 2.45) is 5.92 Å². The average molecular weight is 334 g/mol. The molecule has 2 nitrogen and oxygen atoms in total. The summed E-state index contributed by atoms with van der Waals surface area (Å²) in [5.41, 5.74) is 2.32. The number of rotatable bonds is 4. The minimum atomic E-state index is -2.10. The Bertz CT molecular complexity index is 745. The van der Waals surface area contributed by atoms with Gasteiger partial charge in [-0.3, -0.25) is 0 Å². The predicted molar refractivity (Wildman–Crippen MR) is 97.2 cm³/mol. The van der Waals surface area contributed by atoms with Crippen LogP contribution in [0.2, 0.25) is 18.1 Å². The molecule has 0 aliphatic carbocycles. The minimum absolute atomic E-state index is 0.0664. The summed E-state index contributed by atoms with van der Waals surface area (Å²) in [7, 11) is -2.10. The lowest BCUT2D eigenvalue weighted by Gasteiger charge is -2.42. The maximum Gasteiger partial charge on any atom is 0.251 e. The molecule has 0 N–H and O–H groups in total. The van der Waals surface area contributed by atoms with Crippen LogP contribution in [0, 0.1) is 11.7 Å². The van der Waals surface area contributed by atoms with E-state index in [4.69, 9.17) is 4.43 Å². The molecule has 0 radical (unpaired) electrons. The van der Waals surface area contributed by atoms with E-state index in [1.54, 1.807) is 6.07 Å². The lowest BCUT2D eigenvalue weighted by Crippen LogP contribution is -2.48. The molecule has 126 valence electrons. The zero-order chi connectivity index (χ0) is 17.0. The Morgan fingerprint density at radius 1 is 1.22 bits per heavy atom. The number of hydrogen-bond donors (Lipinski definition) is 0. The molecule has 1 aromatic carbocycles. The van der Waals surface area contributed by atoms with E-state index >= 15 is 0 Å². The highest BCUT2D eigenvalue weighted by Gasteiger charge is 2.45. The van der Waals surface area contributed by atoms with E-state index < -0.39 is 8.32 Å². The molecule has 0 fully saturated rings. The third-order valence-electron chi connectivity index (χ3n) is 6.22. The summed E-state index contributed by atoms with van der Waals surface area (Å²) in [5.74, 6) is 0.687. The first-order chi connectivity index (χ1) is 10.6. The zero-order valence-electron chi connectivity index (χ0n) is 15.2. The van der Waals surface area contributed by atoms with Gasteiger partial charge in [0.2, 0.25) is 0 Å². The highest BCUT2D eigenvalue weighted by Crippen LogP contribution is 2.45. The van der Waals surface area contributed by atoms with E-state index in [1.807, 2.05) is 6.07 Å². The van der Waals surface area contributed by atoms with Crippen molar-refractivity contribution in [2.45, 2.75) is 65.2 Å². The Hall–Kier alpha value is -1.29. The van der Waals surface area contributed by atoms with Gasteiger partial charge in [-0.2, -0.15) is 0 Å². The van der Waals surface area contributed by atoms with Gasteiger partial charge in [-0.1, -0.05) is 27.7 Å². The van der Waals surface area contributed by atoms with Crippen LogP contribution in [-0.2, 0) is 13.0 Å². The molecule has 2 heterocycles. The first-order valence-corrected chi connectivity index (χ1v) is 11.5. The molecule has 0 bridgehead atoms. The summed E-state index contributed by atoms with van der Waals surface area (Å²) in [6, 6.07) is 5.75. The van der Waals surface area contributed by atoms with Gasteiger partial charge in [0.05, 0.1) is 5.52 Å². The maximum absolute atomic E-state index is 14.7. The van der Waals surface area contributed by atoms with E-state index in [2.05, 4.69) is 51.4 Å². The fourth-order valence-corrected chi connectivity index (χ4v) is 5.75. The van der Waals surface area contributed by atoms with Crippen molar-refractivity contribution >= 4 is 19.2 Å². The topological polar surface area (TPSA) is 14.2 Å². The molecule has 0 saturated carbocycles. The molecule has 3 rings (SSSR count). The van der Waals surface area contributed by atoms with E-state index in [9.17, 15) is 4.39 Å². The lowest BCUT2D eigenvalue weighted by atomic mass is 9.99. The van der Waals surface area contributed by atoms with E-state index in [-0.39, 0.29) is 10.9 Å². The smallest absolute Gasteiger partial charge is 0.251 e. The highest BCUT2D eigenvalue weighted by molar-refractivity contribution is 6.75. The predicted octanol–water partition coefficient (Wildman–Crippen LogP) is 5.75. The summed E-state index contributed by atoms with van der Waals surface area (Å²) in [5, 5.41) is 1.17. The monoisotopic (exact) mass is 333 g/mol. The van der Waals surface area contributed by atoms with Crippen LogP contribution in [0.1, 0.15) is 39.8 Å². The van der Waals surface area contributed by atoms with E-state index in [0.717, 1.165) is 30.3 Å². The second kappa shape index (κ2) is 5.37. The Morgan fingerprint density at radius 3 is 2.57 bits per heavy atom. The standard InChI is InChI=1S/C19H28FNOSi/c1-13(2)19(3,4)23(5,6)22-18-11-14-10-15-8-7-9-21(15)17(14)12-16(18)20/h10-13H,7-9H2,1-6H3. The van der Waals surface area contributed by atoms with Gasteiger partial charge in [0, 0.05) is 23.7 Å². The molecule has 23 heavy (non-hydrogen) atoms. The summed E-state index contributed by atoms with van der Waals surface area (Å²) in [6.45, 7) is 14.3. The van der Waals surface area contributed by atoms with Gasteiger partial charge in [0.15, 0.2) is 5.82 Å². The van der Waals surface area contributed by atoms with Gasteiger partial charge in [0.25, 0.3) is 8.32 Å². The molecule has 2 aromatic rings. The van der Waals surface area contributed by atoms with Crippen molar-refractivity contribution < 1.29 is 8.82 Å². The van der Waals surface area contributed by atoms with Gasteiger partial charge in [-0.15, -0.1) is 0 Å². The van der Waals surface area contributed by atoms with Crippen LogP contribution in [0.15, 0.2) is 18.2 Å². The van der Waals surface area contributed by atoms with Crippen LogP contribution in [0.3, 0.4) is 0 Å². The second-order valence-electron chi connectivity index (χ2n) is 8.22. The number of halogens is 1. The van der Waals surface area contributed by atoms with Gasteiger partial charge >= 0.3 is 0 Å². The maximum atomic E-state index is 14.7. The molecule has 4 heteroatoms. The van der Waals surface area contributed by atoms with Crippen molar-refractivity contribution in [1.29, 1.82) is 0 Å². The second-order valence-corrected chi connectivity index (χ2v) is 12.7. The lowest BCUT2D eigenvalue weighted by molar-refractivity contribution is 0.384. The third-order valence-corrected chi connectivity index (χ3v) is 10.6. The molecule has 1 aromatic heterocycles. The molecule has 1 aliphatic heterocycles. The first-order valence-electron chi connectivity index (χ1n) is 8.64. The molecule has 0 amide bonds. The fourth-order valence-electron chi connectivity index (χ4n) is 3.39.